The van der Waals surface area contributed by atoms with Crippen molar-refractivity contribution in [2.45, 2.75) is 32.7 Å². The Hall–Kier alpha value is -1.32. The number of aromatic nitrogens is 2. The smallest absolute Gasteiger partial charge is 0.134 e. The van der Waals surface area contributed by atoms with Crippen molar-refractivity contribution in [2.24, 2.45) is 5.73 Å². The number of nitrogens with two attached hydrogens (primary N) is 1. The SMILES string of the molecule is CCC(C)c1ccc(-c2nc(CN)[nH]c2Cl)cc1. The van der Waals surface area contributed by atoms with E-state index < -0.39 is 0 Å². The van der Waals surface area contributed by atoms with E-state index in [1.54, 1.807) is 0 Å². The number of halogens is 1. The maximum absolute atomic E-state index is 6.11. The van der Waals surface area contributed by atoms with Gasteiger partial charge in [-0.05, 0) is 17.9 Å². The molecule has 0 aliphatic heterocycles. The number of hydrogen-bond acceptors (Lipinski definition) is 2. The minimum absolute atomic E-state index is 0.366. The molecule has 0 radical (unpaired) electrons. The standard InChI is InChI=1S/C14H18ClN3/c1-3-9(2)10-4-6-11(7-5-10)13-14(15)18-12(8-16)17-13/h4-7,9H,3,8,16H2,1-2H3,(H,17,18). The third kappa shape index (κ3) is 2.57. The van der Waals surface area contributed by atoms with E-state index in [9.17, 15) is 0 Å². The maximum atomic E-state index is 6.11. The molecule has 18 heavy (non-hydrogen) atoms. The van der Waals surface area contributed by atoms with Crippen molar-refractivity contribution in [1.29, 1.82) is 0 Å². The summed E-state index contributed by atoms with van der Waals surface area (Å²) >= 11 is 6.11. The Morgan fingerprint density at radius 2 is 2.00 bits per heavy atom. The summed E-state index contributed by atoms with van der Waals surface area (Å²) in [4.78, 5) is 7.35. The van der Waals surface area contributed by atoms with E-state index in [-0.39, 0.29) is 0 Å². The van der Waals surface area contributed by atoms with E-state index >= 15 is 0 Å². The number of H-pyrrole nitrogens is 1. The zero-order valence-corrected chi connectivity index (χ0v) is 11.5. The lowest BCUT2D eigenvalue weighted by molar-refractivity contribution is 0.734. The van der Waals surface area contributed by atoms with Crippen molar-refractivity contribution in [1.82, 2.24) is 9.97 Å². The minimum atomic E-state index is 0.366. The number of rotatable bonds is 4. The van der Waals surface area contributed by atoms with Crippen LogP contribution in [0.4, 0.5) is 0 Å². The van der Waals surface area contributed by atoms with Crippen molar-refractivity contribution in [2.75, 3.05) is 0 Å². The lowest BCUT2D eigenvalue weighted by Crippen LogP contribution is -1.97. The molecule has 3 N–H and O–H groups in total. The van der Waals surface area contributed by atoms with Crippen LogP contribution in [0.2, 0.25) is 5.15 Å². The molecule has 0 fully saturated rings. The molecule has 2 rings (SSSR count). The van der Waals surface area contributed by atoms with E-state index in [1.807, 2.05) is 0 Å². The number of nitrogens with zero attached hydrogens (tertiary/aromatic N) is 1. The van der Waals surface area contributed by atoms with Gasteiger partial charge in [0.1, 0.15) is 16.7 Å². The van der Waals surface area contributed by atoms with Crippen LogP contribution in [-0.2, 0) is 6.54 Å². The van der Waals surface area contributed by atoms with Crippen molar-refractivity contribution < 1.29 is 0 Å². The molecular weight excluding hydrogens is 246 g/mol. The molecule has 1 aromatic heterocycles. The summed E-state index contributed by atoms with van der Waals surface area (Å²) in [5.41, 5.74) is 8.67. The lowest BCUT2D eigenvalue weighted by Gasteiger charge is -2.09. The van der Waals surface area contributed by atoms with Gasteiger partial charge in [0.15, 0.2) is 0 Å². The Morgan fingerprint density at radius 3 is 2.50 bits per heavy atom. The monoisotopic (exact) mass is 263 g/mol. The fourth-order valence-electron chi connectivity index (χ4n) is 1.89. The average molecular weight is 264 g/mol. The molecule has 0 amide bonds. The number of imidazole rings is 1. The van der Waals surface area contributed by atoms with Crippen LogP contribution in [-0.4, -0.2) is 9.97 Å². The second kappa shape index (κ2) is 5.55. The first kappa shape index (κ1) is 13.1. The molecule has 4 heteroatoms. The summed E-state index contributed by atoms with van der Waals surface area (Å²) in [6.45, 7) is 4.78. The molecule has 3 nitrogen and oxygen atoms in total. The van der Waals surface area contributed by atoms with Crippen LogP contribution >= 0.6 is 11.6 Å². The predicted molar refractivity (Wildman–Crippen MR) is 75.6 cm³/mol. The van der Waals surface area contributed by atoms with Crippen LogP contribution in [0.5, 0.6) is 0 Å². The van der Waals surface area contributed by atoms with Crippen LogP contribution in [0.25, 0.3) is 11.3 Å². The Labute approximate surface area is 112 Å². The molecule has 0 bridgehead atoms. The highest BCUT2D eigenvalue weighted by Crippen LogP contribution is 2.27. The van der Waals surface area contributed by atoms with E-state index in [0.717, 1.165) is 17.7 Å². The molecule has 0 aliphatic carbocycles. The van der Waals surface area contributed by atoms with Crippen LogP contribution in [0.1, 0.15) is 37.6 Å². The van der Waals surface area contributed by atoms with Crippen LogP contribution in [0.15, 0.2) is 24.3 Å². The Morgan fingerprint density at radius 1 is 1.33 bits per heavy atom. The van der Waals surface area contributed by atoms with Gasteiger partial charge in [-0.25, -0.2) is 4.98 Å². The van der Waals surface area contributed by atoms with E-state index in [2.05, 4.69) is 48.1 Å². The van der Waals surface area contributed by atoms with Gasteiger partial charge in [-0.15, -0.1) is 0 Å². The van der Waals surface area contributed by atoms with Crippen LogP contribution in [0.3, 0.4) is 0 Å². The first-order chi connectivity index (χ1) is 8.65. The minimum Gasteiger partial charge on any atom is -0.331 e. The highest BCUT2D eigenvalue weighted by molar-refractivity contribution is 6.31. The van der Waals surface area contributed by atoms with Crippen molar-refractivity contribution in [3.63, 3.8) is 0 Å². The first-order valence-corrected chi connectivity index (χ1v) is 6.58. The molecule has 96 valence electrons. The molecule has 0 aliphatic rings. The summed E-state index contributed by atoms with van der Waals surface area (Å²) < 4.78 is 0. The van der Waals surface area contributed by atoms with Crippen LogP contribution in [0, 0.1) is 0 Å². The lowest BCUT2D eigenvalue weighted by atomic mass is 9.97. The van der Waals surface area contributed by atoms with Gasteiger partial charge in [0.2, 0.25) is 0 Å². The van der Waals surface area contributed by atoms with Crippen molar-refractivity contribution in [3.8, 4) is 11.3 Å². The fraction of sp³-hybridized carbons (Fsp3) is 0.357. The maximum Gasteiger partial charge on any atom is 0.134 e. The summed E-state index contributed by atoms with van der Waals surface area (Å²) in [5.74, 6) is 1.29. The second-order valence-corrected chi connectivity index (χ2v) is 4.86. The Balaban J connectivity index is 2.31. The Kier molecular flexibility index (Phi) is 4.04. The van der Waals surface area contributed by atoms with Gasteiger partial charge in [0, 0.05) is 5.56 Å². The normalized spacial score (nSPS) is 12.7. The second-order valence-electron chi connectivity index (χ2n) is 4.48. The van der Waals surface area contributed by atoms with Crippen molar-refractivity contribution in [3.05, 3.63) is 40.8 Å². The average Bonchev–Trinajstić information content (AvgIpc) is 2.79. The first-order valence-electron chi connectivity index (χ1n) is 6.20. The van der Waals surface area contributed by atoms with E-state index in [4.69, 9.17) is 17.3 Å². The number of aromatic amines is 1. The summed E-state index contributed by atoms with van der Waals surface area (Å²) in [7, 11) is 0. The van der Waals surface area contributed by atoms with Gasteiger partial charge in [0.25, 0.3) is 0 Å². The molecule has 1 unspecified atom stereocenters. The van der Waals surface area contributed by atoms with Gasteiger partial charge < -0.3 is 10.7 Å². The largest absolute Gasteiger partial charge is 0.331 e. The molecule has 1 atom stereocenters. The fourth-order valence-corrected chi connectivity index (χ4v) is 2.15. The quantitative estimate of drug-likeness (QED) is 0.884. The zero-order valence-electron chi connectivity index (χ0n) is 10.7. The third-order valence-electron chi connectivity index (χ3n) is 3.27. The third-order valence-corrected chi connectivity index (χ3v) is 3.54. The zero-order chi connectivity index (χ0) is 13.1. The number of nitrogens with one attached hydrogen (secondary N) is 1. The molecule has 2 aromatic rings. The summed E-state index contributed by atoms with van der Waals surface area (Å²) in [6, 6.07) is 8.39. The predicted octanol–water partition coefficient (Wildman–Crippen LogP) is 3.70. The Bertz CT molecular complexity index is 516. The van der Waals surface area contributed by atoms with E-state index in [1.165, 1.54) is 5.56 Å². The van der Waals surface area contributed by atoms with Gasteiger partial charge in [-0.3, -0.25) is 0 Å². The van der Waals surface area contributed by atoms with Gasteiger partial charge in [-0.2, -0.15) is 0 Å². The van der Waals surface area contributed by atoms with Crippen LogP contribution < -0.4 is 5.73 Å². The van der Waals surface area contributed by atoms with Crippen molar-refractivity contribution >= 4 is 11.6 Å². The molecule has 1 aromatic carbocycles. The molecule has 0 saturated heterocycles. The molecule has 0 spiro atoms. The van der Waals surface area contributed by atoms with Gasteiger partial charge in [0.05, 0.1) is 6.54 Å². The highest BCUT2D eigenvalue weighted by Gasteiger charge is 2.10. The van der Waals surface area contributed by atoms with E-state index in [0.29, 0.717) is 23.4 Å². The van der Waals surface area contributed by atoms with Gasteiger partial charge in [-0.1, -0.05) is 49.7 Å². The summed E-state index contributed by atoms with van der Waals surface area (Å²) in [6.07, 6.45) is 1.14. The highest BCUT2D eigenvalue weighted by atomic mass is 35.5. The van der Waals surface area contributed by atoms with Gasteiger partial charge >= 0.3 is 0 Å². The summed E-state index contributed by atoms with van der Waals surface area (Å²) in [5, 5.41) is 0.548. The molecule has 0 saturated carbocycles. The molecular formula is C14H18ClN3. The topological polar surface area (TPSA) is 54.7 Å². The molecule has 1 heterocycles. The number of hydrogen-bond donors (Lipinski definition) is 2. The number of benzene rings is 1.